The van der Waals surface area contributed by atoms with E-state index in [0.29, 0.717) is 6.54 Å². The summed E-state index contributed by atoms with van der Waals surface area (Å²) in [6.45, 7) is 8.60. The Labute approximate surface area is 167 Å². The summed E-state index contributed by atoms with van der Waals surface area (Å²) in [6, 6.07) is 23.2. The fourth-order valence-electron chi connectivity index (χ4n) is 3.69. The number of nitrogens with two attached hydrogens (primary N) is 1. The van der Waals surface area contributed by atoms with Gasteiger partial charge in [-0.15, -0.1) is 0 Å². The van der Waals surface area contributed by atoms with Crippen molar-refractivity contribution in [1.29, 1.82) is 0 Å². The lowest BCUT2D eigenvalue weighted by Gasteiger charge is -2.18. The van der Waals surface area contributed by atoms with Gasteiger partial charge in [0.25, 0.3) is 5.91 Å². The summed E-state index contributed by atoms with van der Waals surface area (Å²) in [5, 5.41) is 5.21. The second-order valence-corrected chi connectivity index (χ2v) is 7.56. The Morgan fingerprint density at radius 3 is 2.00 bits per heavy atom. The minimum absolute atomic E-state index is 0.0168. The number of rotatable bonds is 6. The first kappa shape index (κ1) is 19.8. The molecular weight excluding hydrogens is 344 g/mol. The summed E-state index contributed by atoms with van der Waals surface area (Å²) >= 11 is 0. The fraction of sp³-hybridized carbons (Fsp3) is 0.240. The molecule has 0 fully saturated rings. The lowest BCUT2D eigenvalue weighted by atomic mass is 9.98. The molecule has 3 aromatic rings. The van der Waals surface area contributed by atoms with E-state index in [1.807, 2.05) is 32.0 Å². The maximum absolute atomic E-state index is 12.7. The summed E-state index contributed by atoms with van der Waals surface area (Å²) in [4.78, 5) is 12.7. The third kappa shape index (κ3) is 4.87. The maximum Gasteiger partial charge on any atom is 0.279 e. The first-order chi connectivity index (χ1) is 13.4. The van der Waals surface area contributed by atoms with E-state index in [2.05, 4.69) is 73.0 Å². The second kappa shape index (κ2) is 8.85. The molecule has 0 saturated carbocycles. The zero-order chi connectivity index (χ0) is 20.1. The molecule has 0 bridgehead atoms. The van der Waals surface area contributed by atoms with Crippen molar-refractivity contribution in [2.75, 3.05) is 11.9 Å². The number of anilines is 1. The molecule has 0 heterocycles. The minimum atomic E-state index is 0.0168. The molecule has 0 aliphatic carbocycles. The Kier molecular flexibility index (Phi) is 6.27. The van der Waals surface area contributed by atoms with E-state index in [4.69, 9.17) is 0 Å². The molecule has 0 spiro atoms. The van der Waals surface area contributed by atoms with Crippen molar-refractivity contribution in [3.8, 4) is 0 Å². The summed E-state index contributed by atoms with van der Waals surface area (Å²) in [5.41, 5.74) is 7.97. The molecule has 28 heavy (non-hydrogen) atoms. The molecule has 0 aliphatic rings. The number of quaternary nitrogens is 1. The van der Waals surface area contributed by atoms with Crippen molar-refractivity contribution >= 4 is 11.6 Å². The Balaban J connectivity index is 1.75. The van der Waals surface area contributed by atoms with Crippen LogP contribution >= 0.6 is 0 Å². The lowest BCUT2D eigenvalue weighted by Crippen LogP contribution is -2.87. The molecule has 3 aromatic carbocycles. The molecule has 1 amide bonds. The van der Waals surface area contributed by atoms with E-state index in [1.54, 1.807) is 0 Å². The molecule has 3 rings (SSSR count). The van der Waals surface area contributed by atoms with Gasteiger partial charge in [-0.1, -0.05) is 77.9 Å². The predicted molar refractivity (Wildman–Crippen MR) is 116 cm³/mol. The molecule has 3 heteroatoms. The monoisotopic (exact) mass is 373 g/mol. The van der Waals surface area contributed by atoms with Gasteiger partial charge in [0.05, 0.1) is 0 Å². The molecule has 144 valence electrons. The number of hydrogen-bond acceptors (Lipinski definition) is 1. The third-order valence-electron chi connectivity index (χ3n) is 5.08. The molecule has 1 atom stereocenters. The van der Waals surface area contributed by atoms with Crippen LogP contribution in [0.4, 0.5) is 5.69 Å². The highest BCUT2D eigenvalue weighted by atomic mass is 16.1. The molecule has 0 aromatic heterocycles. The Hall–Kier alpha value is -2.91. The molecule has 0 saturated heterocycles. The number of carbonyl (C=O) groups is 1. The van der Waals surface area contributed by atoms with Crippen LogP contribution in [0.3, 0.4) is 0 Å². The van der Waals surface area contributed by atoms with Crippen molar-refractivity contribution < 1.29 is 10.1 Å². The predicted octanol–water partition coefficient (Wildman–Crippen LogP) is 4.21. The summed E-state index contributed by atoms with van der Waals surface area (Å²) in [6.07, 6.45) is 0. The van der Waals surface area contributed by atoms with Gasteiger partial charge >= 0.3 is 0 Å². The Morgan fingerprint density at radius 2 is 1.39 bits per heavy atom. The van der Waals surface area contributed by atoms with Crippen LogP contribution in [0.15, 0.2) is 66.7 Å². The second-order valence-electron chi connectivity index (χ2n) is 7.56. The van der Waals surface area contributed by atoms with Crippen LogP contribution in [0.25, 0.3) is 0 Å². The SMILES string of the molecule is Cc1ccc([C@H]([NH2+]CC(=O)Nc2c(C)cc(C)cc2C)c2ccccc2)cc1. The molecule has 3 N–H and O–H groups in total. The van der Waals surface area contributed by atoms with E-state index in [9.17, 15) is 4.79 Å². The number of carbonyl (C=O) groups excluding carboxylic acids is 1. The van der Waals surface area contributed by atoms with Gasteiger partial charge in [0.2, 0.25) is 0 Å². The van der Waals surface area contributed by atoms with Gasteiger partial charge in [0.15, 0.2) is 6.54 Å². The molecule has 0 radical (unpaired) electrons. The Bertz CT molecular complexity index is 923. The largest absolute Gasteiger partial charge is 0.328 e. The summed E-state index contributed by atoms with van der Waals surface area (Å²) < 4.78 is 0. The Morgan fingerprint density at radius 1 is 0.821 bits per heavy atom. The first-order valence-corrected chi connectivity index (χ1v) is 9.76. The van der Waals surface area contributed by atoms with Crippen molar-refractivity contribution in [3.63, 3.8) is 0 Å². The van der Waals surface area contributed by atoms with Gasteiger partial charge in [-0.05, 0) is 38.8 Å². The van der Waals surface area contributed by atoms with E-state index >= 15 is 0 Å². The number of hydrogen-bond donors (Lipinski definition) is 2. The van der Waals surface area contributed by atoms with E-state index in [-0.39, 0.29) is 11.9 Å². The molecule has 0 aliphatic heterocycles. The number of benzene rings is 3. The minimum Gasteiger partial charge on any atom is -0.328 e. The van der Waals surface area contributed by atoms with Crippen molar-refractivity contribution in [2.45, 2.75) is 33.7 Å². The van der Waals surface area contributed by atoms with Crippen LogP contribution in [-0.4, -0.2) is 12.5 Å². The van der Waals surface area contributed by atoms with Crippen LogP contribution in [0.5, 0.6) is 0 Å². The zero-order valence-corrected chi connectivity index (χ0v) is 17.1. The highest BCUT2D eigenvalue weighted by Gasteiger charge is 2.19. The van der Waals surface area contributed by atoms with Gasteiger partial charge < -0.3 is 10.6 Å². The topological polar surface area (TPSA) is 45.7 Å². The first-order valence-electron chi connectivity index (χ1n) is 9.76. The summed E-state index contributed by atoms with van der Waals surface area (Å²) in [7, 11) is 0. The van der Waals surface area contributed by atoms with E-state index < -0.39 is 0 Å². The highest BCUT2D eigenvalue weighted by molar-refractivity contribution is 5.93. The normalized spacial score (nSPS) is 11.9. The van der Waals surface area contributed by atoms with Gasteiger partial charge in [0, 0.05) is 16.8 Å². The molecule has 3 nitrogen and oxygen atoms in total. The van der Waals surface area contributed by atoms with Crippen molar-refractivity contribution in [1.82, 2.24) is 0 Å². The van der Waals surface area contributed by atoms with E-state index in [1.165, 1.54) is 22.3 Å². The standard InChI is InChI=1S/C25H28N2O/c1-17-10-12-22(13-11-17)25(21-8-6-5-7-9-21)26-16-23(28)27-24-19(3)14-18(2)15-20(24)4/h5-15,25-26H,16H2,1-4H3,(H,27,28)/p+1/t25-/m1/s1. The average molecular weight is 374 g/mol. The maximum atomic E-state index is 12.7. The van der Waals surface area contributed by atoms with Crippen LogP contribution in [0.1, 0.15) is 39.4 Å². The van der Waals surface area contributed by atoms with Gasteiger partial charge in [0.1, 0.15) is 6.04 Å². The van der Waals surface area contributed by atoms with Crippen LogP contribution in [-0.2, 0) is 4.79 Å². The third-order valence-corrected chi connectivity index (χ3v) is 5.08. The highest BCUT2D eigenvalue weighted by Crippen LogP contribution is 2.22. The average Bonchev–Trinajstić information content (AvgIpc) is 2.67. The van der Waals surface area contributed by atoms with Crippen molar-refractivity contribution in [2.24, 2.45) is 0 Å². The van der Waals surface area contributed by atoms with Gasteiger partial charge in [-0.25, -0.2) is 0 Å². The van der Waals surface area contributed by atoms with Crippen LogP contribution in [0, 0.1) is 27.7 Å². The van der Waals surface area contributed by atoms with Crippen molar-refractivity contribution in [3.05, 3.63) is 100 Å². The fourth-order valence-corrected chi connectivity index (χ4v) is 3.69. The zero-order valence-electron chi connectivity index (χ0n) is 17.1. The summed E-state index contributed by atoms with van der Waals surface area (Å²) in [5.74, 6) is 0.0168. The molecule has 0 unspecified atom stereocenters. The van der Waals surface area contributed by atoms with Gasteiger partial charge in [-0.2, -0.15) is 0 Å². The van der Waals surface area contributed by atoms with Crippen LogP contribution in [0.2, 0.25) is 0 Å². The van der Waals surface area contributed by atoms with Crippen LogP contribution < -0.4 is 10.6 Å². The smallest absolute Gasteiger partial charge is 0.279 e. The number of aryl methyl sites for hydroxylation is 4. The van der Waals surface area contributed by atoms with Gasteiger partial charge in [-0.3, -0.25) is 4.79 Å². The number of nitrogens with one attached hydrogen (secondary N) is 1. The number of amides is 1. The quantitative estimate of drug-likeness (QED) is 0.668. The van der Waals surface area contributed by atoms with E-state index in [0.717, 1.165) is 16.8 Å². The molecular formula is C25H29N2O+. The lowest BCUT2D eigenvalue weighted by molar-refractivity contribution is -0.676.